The number of nitrogen functional groups attached to an aromatic ring is 1. The average Bonchev–Trinajstić information content (AvgIpc) is 2.53. The Morgan fingerprint density at radius 2 is 2.09 bits per heavy atom. The fourth-order valence-corrected chi connectivity index (χ4v) is 1.93. The summed E-state index contributed by atoms with van der Waals surface area (Å²) in [6.45, 7) is 0. The van der Waals surface area contributed by atoms with Gasteiger partial charge < -0.3 is 20.6 Å². The van der Waals surface area contributed by atoms with Crippen molar-refractivity contribution in [3.8, 4) is 11.8 Å². The number of carbonyl (C=O) groups is 2. The maximum atomic E-state index is 11.5. The Kier molecular flexibility index (Phi) is 5.38. The number of nitrogens with zero attached hydrogens (tertiary/aromatic N) is 1. The van der Waals surface area contributed by atoms with Crippen LogP contribution < -0.4 is 11.1 Å². The highest BCUT2D eigenvalue weighted by atomic mass is 27.0. The highest BCUT2D eigenvalue weighted by molar-refractivity contribution is 6.60. The molecule has 2 rings (SSSR count). The number of ether oxygens (including phenoxy) is 1. The van der Waals surface area contributed by atoms with E-state index in [1.165, 1.54) is 19.4 Å². The lowest BCUT2D eigenvalue weighted by Gasteiger charge is -2.03. The third-order valence-electron chi connectivity index (χ3n) is 2.81. The Morgan fingerprint density at radius 1 is 1.30 bits per heavy atom. The van der Waals surface area contributed by atoms with Gasteiger partial charge >= 0.3 is 5.97 Å². The van der Waals surface area contributed by atoms with Crippen LogP contribution in [0, 0.1) is 11.8 Å². The van der Waals surface area contributed by atoms with Gasteiger partial charge in [0.2, 0.25) is 0 Å². The fraction of sp³-hybridized carbons (Fsp3) is 0.0625. The van der Waals surface area contributed by atoms with E-state index in [2.05, 4.69) is 26.9 Å². The van der Waals surface area contributed by atoms with Crippen LogP contribution >= 0.6 is 0 Å². The molecule has 23 heavy (non-hydrogen) atoms. The summed E-state index contributed by atoms with van der Waals surface area (Å²) in [5.41, 5.74) is 7.78. The standard InChI is InChI=1S/C16H12N3O3.Al/c1-22-16(21)13-8-12(15(17)18-9-13)6-5-11-3-2-4-14(7-11)19-10-20;/h2-4,7-9H,1H3,(H2,17,18)(H,19,20);. The Morgan fingerprint density at radius 3 is 2.78 bits per heavy atom. The van der Waals surface area contributed by atoms with Crippen LogP contribution in [0.25, 0.3) is 0 Å². The van der Waals surface area contributed by atoms with Crippen molar-refractivity contribution in [2.24, 2.45) is 0 Å². The summed E-state index contributed by atoms with van der Waals surface area (Å²) in [6, 6.07) is 8.56. The summed E-state index contributed by atoms with van der Waals surface area (Å²) >= 11 is 2.04. The Bertz CT molecular complexity index is 825. The summed E-state index contributed by atoms with van der Waals surface area (Å²) in [4.78, 5) is 26.5. The number of nitrogens with one attached hydrogen (secondary N) is 1. The minimum atomic E-state index is -0.509. The van der Waals surface area contributed by atoms with E-state index in [1.54, 1.807) is 24.3 Å². The lowest BCUT2D eigenvalue weighted by molar-refractivity contribution is 0.0600. The average molecular weight is 321 g/mol. The van der Waals surface area contributed by atoms with Crippen molar-refractivity contribution in [2.45, 2.75) is 0 Å². The predicted molar refractivity (Wildman–Crippen MR) is 87.2 cm³/mol. The zero-order valence-electron chi connectivity index (χ0n) is 12.3. The molecule has 0 unspecified atom stereocenters. The largest absolute Gasteiger partial charge is 0.465 e. The molecule has 0 aliphatic heterocycles. The summed E-state index contributed by atoms with van der Waals surface area (Å²) in [5, 5.41) is 2.64. The number of anilines is 2. The van der Waals surface area contributed by atoms with Crippen LogP contribution in [-0.2, 0) is 4.74 Å². The van der Waals surface area contributed by atoms with Gasteiger partial charge in [0.15, 0.2) is 0 Å². The molecule has 0 aliphatic rings. The fourth-order valence-electron chi connectivity index (χ4n) is 1.76. The molecule has 0 saturated heterocycles. The third kappa shape index (κ3) is 4.59. The highest BCUT2D eigenvalue weighted by Gasteiger charge is 2.08. The van der Waals surface area contributed by atoms with Gasteiger partial charge in [-0.2, -0.15) is 0 Å². The summed E-state index contributed by atoms with van der Waals surface area (Å²) in [6.07, 6.45) is 1.33. The van der Waals surface area contributed by atoms with Crippen LogP contribution in [0.15, 0.2) is 36.5 Å². The third-order valence-corrected chi connectivity index (χ3v) is 2.96. The van der Waals surface area contributed by atoms with E-state index >= 15 is 0 Å². The molecule has 1 amide bonds. The number of rotatable bonds is 2. The molecule has 3 N–H and O–H groups in total. The Labute approximate surface area is 141 Å². The zero-order chi connectivity index (χ0) is 16.8. The molecule has 2 aromatic rings. The number of methoxy groups -OCH3 is 1. The molecule has 7 heteroatoms. The van der Waals surface area contributed by atoms with Gasteiger partial charge in [0.1, 0.15) is 10.6 Å². The minimum absolute atomic E-state index is 0.222. The number of hydrogen-bond donors (Lipinski definition) is 2. The molecule has 0 fully saturated rings. The summed E-state index contributed by atoms with van der Waals surface area (Å²) in [5.74, 6) is 5.50. The van der Waals surface area contributed by atoms with Crippen LogP contribution in [0.3, 0.4) is 0 Å². The van der Waals surface area contributed by atoms with Gasteiger partial charge in [-0.05, 0) is 24.3 Å². The SMILES string of the molecule is COC(=O)c1cnc(N)c(C#Cc2cccc(N[C](=O)[Al])c2)c1. The van der Waals surface area contributed by atoms with Gasteiger partial charge in [-0.1, -0.05) is 17.9 Å². The van der Waals surface area contributed by atoms with Crippen molar-refractivity contribution in [2.75, 3.05) is 18.2 Å². The van der Waals surface area contributed by atoms with Crippen molar-refractivity contribution >= 4 is 38.5 Å². The second-order valence-corrected chi connectivity index (χ2v) is 4.99. The monoisotopic (exact) mass is 321 g/mol. The maximum absolute atomic E-state index is 11.5. The molecule has 0 atom stereocenters. The van der Waals surface area contributed by atoms with Gasteiger partial charge in [-0.15, -0.1) is 0 Å². The van der Waals surface area contributed by atoms with Gasteiger partial charge in [0.05, 0.1) is 18.2 Å². The second kappa shape index (κ2) is 7.46. The molecule has 2 radical (unpaired) electrons. The molecule has 0 aliphatic carbocycles. The number of amides is 1. The van der Waals surface area contributed by atoms with Gasteiger partial charge in [-0.25, -0.2) is 9.78 Å². The molecular formula is C16H12AlN3O3. The number of nitrogens with two attached hydrogens (primary N) is 1. The zero-order valence-corrected chi connectivity index (χ0v) is 13.4. The van der Waals surface area contributed by atoms with E-state index in [9.17, 15) is 9.59 Å². The van der Waals surface area contributed by atoms with Crippen LogP contribution in [0.2, 0.25) is 0 Å². The van der Waals surface area contributed by atoms with Gasteiger partial charge in [0, 0.05) is 17.4 Å². The molecule has 6 nitrogen and oxygen atoms in total. The number of hydrogen-bond acceptors (Lipinski definition) is 5. The molecule has 1 heterocycles. The molecule has 1 aromatic heterocycles. The quantitative estimate of drug-likeness (QED) is 0.497. The molecule has 1 aromatic carbocycles. The van der Waals surface area contributed by atoms with E-state index in [1.807, 2.05) is 16.3 Å². The van der Waals surface area contributed by atoms with Crippen LogP contribution in [0.1, 0.15) is 21.5 Å². The maximum Gasteiger partial charge on any atom is 0.339 e. The van der Waals surface area contributed by atoms with Crippen molar-refractivity contribution in [1.82, 2.24) is 4.98 Å². The number of esters is 1. The highest BCUT2D eigenvalue weighted by Crippen LogP contribution is 2.12. The van der Waals surface area contributed by atoms with E-state index in [0.29, 0.717) is 16.8 Å². The van der Waals surface area contributed by atoms with E-state index < -0.39 is 5.97 Å². The minimum Gasteiger partial charge on any atom is -0.465 e. The van der Waals surface area contributed by atoms with Crippen LogP contribution in [-0.4, -0.2) is 39.1 Å². The van der Waals surface area contributed by atoms with Crippen LogP contribution in [0.4, 0.5) is 16.3 Å². The number of benzene rings is 1. The smallest absolute Gasteiger partial charge is 0.339 e. The number of aromatic nitrogens is 1. The van der Waals surface area contributed by atoms with E-state index in [-0.39, 0.29) is 16.2 Å². The topological polar surface area (TPSA) is 94.3 Å². The Balaban J connectivity index is 2.31. The summed E-state index contributed by atoms with van der Waals surface area (Å²) < 4.78 is 4.40. The van der Waals surface area contributed by atoms with Crippen molar-refractivity contribution in [1.29, 1.82) is 0 Å². The predicted octanol–water partition coefficient (Wildman–Crippen LogP) is 1.55. The van der Waals surface area contributed by atoms with Crippen molar-refractivity contribution < 1.29 is 14.3 Å². The first kappa shape index (κ1) is 16.6. The van der Waals surface area contributed by atoms with E-state index in [4.69, 9.17) is 5.73 Å². The van der Waals surface area contributed by atoms with E-state index in [0.717, 1.165) is 0 Å². The second-order valence-electron chi connectivity index (χ2n) is 4.47. The van der Waals surface area contributed by atoms with Gasteiger partial charge in [-0.3, -0.25) is 0 Å². The molecule has 0 spiro atoms. The van der Waals surface area contributed by atoms with Gasteiger partial charge in [0.25, 0.3) is 16.3 Å². The molecule has 0 bridgehead atoms. The normalized spacial score (nSPS) is 9.43. The first-order chi connectivity index (χ1) is 11.0. The van der Waals surface area contributed by atoms with Crippen molar-refractivity contribution in [3.63, 3.8) is 0 Å². The lowest BCUT2D eigenvalue weighted by Crippen LogP contribution is -2.07. The molecular weight excluding hydrogens is 309 g/mol. The van der Waals surface area contributed by atoms with Crippen LogP contribution in [0.5, 0.6) is 0 Å². The summed E-state index contributed by atoms with van der Waals surface area (Å²) in [7, 11) is 1.29. The number of carbonyl (C=O) groups excluding carboxylic acids is 2. The Hall–Kier alpha value is -2.80. The number of pyridine rings is 1. The first-order valence-corrected chi connectivity index (χ1v) is 7.09. The molecule has 0 saturated carbocycles. The first-order valence-electron chi connectivity index (χ1n) is 6.52. The molecule has 112 valence electrons. The lowest BCUT2D eigenvalue weighted by atomic mass is 10.1. The van der Waals surface area contributed by atoms with Crippen molar-refractivity contribution in [3.05, 3.63) is 53.2 Å².